The first-order valence-corrected chi connectivity index (χ1v) is 6.53. The van der Waals surface area contributed by atoms with Crippen molar-refractivity contribution in [2.45, 2.75) is 52.1 Å². The molecular formula is C13H22ClN3O2. The molecule has 2 heterocycles. The number of rotatable bonds is 4. The van der Waals surface area contributed by atoms with E-state index >= 15 is 0 Å². The van der Waals surface area contributed by atoms with Crippen molar-refractivity contribution < 1.29 is 9.32 Å². The Bertz CT molecular complexity index is 408. The number of carbonyl (C=O) groups excluding carboxylic acids is 1. The Labute approximate surface area is 119 Å². The van der Waals surface area contributed by atoms with Gasteiger partial charge < -0.3 is 15.2 Å². The minimum absolute atomic E-state index is 0. The summed E-state index contributed by atoms with van der Waals surface area (Å²) >= 11 is 0. The van der Waals surface area contributed by atoms with Gasteiger partial charge in [-0.1, -0.05) is 5.16 Å². The van der Waals surface area contributed by atoms with E-state index < -0.39 is 0 Å². The topological polar surface area (TPSA) is 67.2 Å². The molecule has 2 rings (SSSR count). The maximum atomic E-state index is 11.9. The van der Waals surface area contributed by atoms with Gasteiger partial charge in [0.05, 0.1) is 11.7 Å². The Hall–Kier alpha value is -1.07. The van der Waals surface area contributed by atoms with Crippen LogP contribution in [0.1, 0.15) is 36.8 Å². The van der Waals surface area contributed by atoms with Crippen LogP contribution in [0.4, 0.5) is 0 Å². The van der Waals surface area contributed by atoms with Gasteiger partial charge in [0.15, 0.2) is 0 Å². The molecule has 2 unspecified atom stereocenters. The predicted molar refractivity (Wildman–Crippen MR) is 75.6 cm³/mol. The summed E-state index contributed by atoms with van der Waals surface area (Å²) in [6.45, 7) is 6.79. The molecule has 19 heavy (non-hydrogen) atoms. The number of aryl methyl sites for hydroxylation is 2. The third-order valence-corrected chi connectivity index (χ3v) is 3.46. The lowest BCUT2D eigenvalue weighted by atomic mass is 10.1. The average molecular weight is 288 g/mol. The summed E-state index contributed by atoms with van der Waals surface area (Å²) < 4.78 is 5.13. The van der Waals surface area contributed by atoms with Crippen LogP contribution in [-0.2, 0) is 11.2 Å². The van der Waals surface area contributed by atoms with Crippen LogP contribution in [0.2, 0.25) is 0 Å². The summed E-state index contributed by atoms with van der Waals surface area (Å²) in [6, 6.07) is 0.0776. The first-order valence-electron chi connectivity index (χ1n) is 6.53. The largest absolute Gasteiger partial charge is 0.361 e. The molecule has 1 aromatic heterocycles. The second-order valence-electron chi connectivity index (χ2n) is 5.07. The molecule has 1 amide bonds. The van der Waals surface area contributed by atoms with Gasteiger partial charge in [0.2, 0.25) is 5.91 Å². The normalized spacial score (nSPS) is 19.8. The van der Waals surface area contributed by atoms with Gasteiger partial charge in [-0.05, 0) is 46.6 Å². The van der Waals surface area contributed by atoms with Gasteiger partial charge in [0, 0.05) is 11.6 Å². The molecule has 1 aliphatic heterocycles. The van der Waals surface area contributed by atoms with Crippen LogP contribution in [0.15, 0.2) is 4.52 Å². The molecular weight excluding hydrogens is 266 g/mol. The highest BCUT2D eigenvalue weighted by Crippen LogP contribution is 2.14. The molecule has 2 N–H and O–H groups in total. The highest BCUT2D eigenvalue weighted by molar-refractivity contribution is 5.85. The summed E-state index contributed by atoms with van der Waals surface area (Å²) in [5.74, 6) is 0.944. The van der Waals surface area contributed by atoms with Crippen molar-refractivity contribution in [3.63, 3.8) is 0 Å². The van der Waals surface area contributed by atoms with E-state index in [1.165, 1.54) is 0 Å². The molecule has 1 aromatic rings. The summed E-state index contributed by atoms with van der Waals surface area (Å²) in [6.07, 6.45) is 2.78. The van der Waals surface area contributed by atoms with E-state index in [0.29, 0.717) is 0 Å². The highest BCUT2D eigenvalue weighted by Gasteiger charge is 2.23. The number of nitrogens with one attached hydrogen (secondary N) is 2. The van der Waals surface area contributed by atoms with Crippen LogP contribution in [-0.4, -0.2) is 29.7 Å². The van der Waals surface area contributed by atoms with E-state index in [-0.39, 0.29) is 30.4 Å². The van der Waals surface area contributed by atoms with Crippen molar-refractivity contribution in [3.05, 3.63) is 17.0 Å². The van der Waals surface area contributed by atoms with Crippen LogP contribution in [0, 0.1) is 13.8 Å². The van der Waals surface area contributed by atoms with Gasteiger partial charge in [-0.3, -0.25) is 4.79 Å². The van der Waals surface area contributed by atoms with Gasteiger partial charge in [0.25, 0.3) is 0 Å². The molecule has 0 spiro atoms. The molecule has 108 valence electrons. The molecule has 5 nitrogen and oxygen atoms in total. The third-order valence-electron chi connectivity index (χ3n) is 3.46. The lowest BCUT2D eigenvalue weighted by Crippen LogP contribution is -2.44. The minimum Gasteiger partial charge on any atom is -0.361 e. The Balaban J connectivity index is 0.00000180. The summed E-state index contributed by atoms with van der Waals surface area (Å²) in [5, 5.41) is 10.2. The maximum Gasteiger partial charge on any atom is 0.237 e. The number of nitrogens with zero attached hydrogens (tertiary/aromatic N) is 1. The Morgan fingerprint density at radius 3 is 2.84 bits per heavy atom. The minimum atomic E-state index is -0.0166. The van der Waals surface area contributed by atoms with E-state index in [1.807, 2.05) is 20.8 Å². The third kappa shape index (κ3) is 3.94. The van der Waals surface area contributed by atoms with E-state index in [1.54, 1.807) is 0 Å². The number of aromatic nitrogens is 1. The van der Waals surface area contributed by atoms with Crippen molar-refractivity contribution in [3.8, 4) is 0 Å². The maximum absolute atomic E-state index is 11.9. The van der Waals surface area contributed by atoms with Crippen molar-refractivity contribution in [2.24, 2.45) is 0 Å². The molecule has 0 aromatic carbocycles. The predicted octanol–water partition coefficient (Wildman–Crippen LogP) is 1.51. The fourth-order valence-electron chi connectivity index (χ4n) is 2.40. The fourth-order valence-corrected chi connectivity index (χ4v) is 2.40. The van der Waals surface area contributed by atoms with E-state index in [9.17, 15) is 4.79 Å². The lowest BCUT2D eigenvalue weighted by Gasteiger charge is -2.17. The Morgan fingerprint density at radius 1 is 1.58 bits per heavy atom. The van der Waals surface area contributed by atoms with Crippen LogP contribution < -0.4 is 10.6 Å². The first kappa shape index (κ1) is 16.0. The number of amides is 1. The molecule has 2 atom stereocenters. The molecule has 0 aliphatic carbocycles. The standard InChI is InChI=1S/C13H21N3O2.ClH/c1-8(7-11-9(2)16-18-10(11)3)15-13(17)12-5-4-6-14-12;/h8,12,14H,4-7H2,1-3H3,(H,15,17);1H. The zero-order valence-corrected chi connectivity index (χ0v) is 12.5. The second-order valence-corrected chi connectivity index (χ2v) is 5.07. The summed E-state index contributed by atoms with van der Waals surface area (Å²) in [4.78, 5) is 11.9. The van der Waals surface area contributed by atoms with Crippen LogP contribution in [0.5, 0.6) is 0 Å². The van der Waals surface area contributed by atoms with Gasteiger partial charge in [-0.2, -0.15) is 0 Å². The second kappa shape index (κ2) is 6.91. The number of halogens is 1. The Morgan fingerprint density at radius 2 is 2.32 bits per heavy atom. The van der Waals surface area contributed by atoms with E-state index in [0.717, 1.165) is 42.8 Å². The summed E-state index contributed by atoms with van der Waals surface area (Å²) in [5.41, 5.74) is 2.01. The zero-order chi connectivity index (χ0) is 13.1. The first-order chi connectivity index (χ1) is 8.58. The molecule has 1 aliphatic rings. The average Bonchev–Trinajstić information content (AvgIpc) is 2.94. The van der Waals surface area contributed by atoms with Gasteiger partial charge in [-0.15, -0.1) is 12.4 Å². The number of carbonyl (C=O) groups is 1. The molecule has 1 fully saturated rings. The smallest absolute Gasteiger partial charge is 0.237 e. The van der Waals surface area contributed by atoms with E-state index in [2.05, 4.69) is 15.8 Å². The number of hydrogen-bond donors (Lipinski definition) is 2. The number of hydrogen-bond acceptors (Lipinski definition) is 4. The Kier molecular flexibility index (Phi) is 5.82. The SMILES string of the molecule is Cc1noc(C)c1CC(C)NC(=O)C1CCCN1.Cl. The molecule has 0 bridgehead atoms. The van der Waals surface area contributed by atoms with Crippen LogP contribution in [0.3, 0.4) is 0 Å². The molecule has 1 saturated heterocycles. The van der Waals surface area contributed by atoms with Crippen molar-refractivity contribution in [1.82, 2.24) is 15.8 Å². The van der Waals surface area contributed by atoms with Crippen LogP contribution >= 0.6 is 12.4 Å². The van der Waals surface area contributed by atoms with Gasteiger partial charge in [0.1, 0.15) is 5.76 Å². The summed E-state index contributed by atoms with van der Waals surface area (Å²) in [7, 11) is 0. The quantitative estimate of drug-likeness (QED) is 0.881. The van der Waals surface area contributed by atoms with Crippen molar-refractivity contribution >= 4 is 18.3 Å². The fraction of sp³-hybridized carbons (Fsp3) is 0.692. The van der Waals surface area contributed by atoms with Gasteiger partial charge >= 0.3 is 0 Å². The van der Waals surface area contributed by atoms with Crippen molar-refractivity contribution in [2.75, 3.05) is 6.54 Å². The van der Waals surface area contributed by atoms with E-state index in [4.69, 9.17) is 4.52 Å². The molecule has 0 radical (unpaired) electrons. The van der Waals surface area contributed by atoms with Crippen molar-refractivity contribution in [1.29, 1.82) is 0 Å². The van der Waals surface area contributed by atoms with Crippen LogP contribution in [0.25, 0.3) is 0 Å². The lowest BCUT2D eigenvalue weighted by molar-refractivity contribution is -0.123. The highest BCUT2D eigenvalue weighted by atomic mass is 35.5. The monoisotopic (exact) mass is 287 g/mol. The molecule has 6 heteroatoms. The van der Waals surface area contributed by atoms with Gasteiger partial charge in [-0.25, -0.2) is 0 Å². The molecule has 0 saturated carbocycles. The zero-order valence-electron chi connectivity index (χ0n) is 11.7.